The quantitative estimate of drug-likeness (QED) is 0.620. The Hall–Kier alpha value is -2.34. The second-order valence-electron chi connectivity index (χ2n) is 5.07. The highest BCUT2D eigenvalue weighted by Crippen LogP contribution is 2.28. The van der Waals surface area contributed by atoms with Crippen LogP contribution in [0.5, 0.6) is 0 Å². The van der Waals surface area contributed by atoms with Gasteiger partial charge in [0.2, 0.25) is 10.1 Å². The van der Waals surface area contributed by atoms with Crippen molar-refractivity contribution in [3.63, 3.8) is 0 Å². The zero-order valence-electron chi connectivity index (χ0n) is 11.7. The minimum absolute atomic E-state index is 0.0503. The molecule has 1 unspecified atom stereocenters. The number of hydrogen-bond donors (Lipinski definition) is 1. The summed E-state index contributed by atoms with van der Waals surface area (Å²) < 4.78 is 7.67. The van der Waals surface area contributed by atoms with E-state index >= 15 is 0 Å². The van der Waals surface area contributed by atoms with Gasteiger partial charge in [-0.25, -0.2) is 9.50 Å². The number of nitrogens with one attached hydrogen (secondary N) is 1. The number of benzene rings is 1. The molecule has 0 radical (unpaired) electrons. The third kappa shape index (κ3) is 2.17. The number of hydrogen-bond acceptors (Lipinski definition) is 5. The van der Waals surface area contributed by atoms with E-state index in [1.54, 1.807) is 4.52 Å². The maximum atomic E-state index is 5.87. The van der Waals surface area contributed by atoms with E-state index in [4.69, 9.17) is 4.42 Å². The Morgan fingerprint density at radius 2 is 2.19 bits per heavy atom. The van der Waals surface area contributed by atoms with Crippen LogP contribution in [0.15, 0.2) is 40.9 Å². The van der Waals surface area contributed by atoms with Crippen molar-refractivity contribution in [3.8, 4) is 0 Å². The van der Waals surface area contributed by atoms with Crippen molar-refractivity contribution in [1.29, 1.82) is 0 Å². The first-order chi connectivity index (χ1) is 10.2. The van der Waals surface area contributed by atoms with E-state index in [1.807, 2.05) is 31.3 Å². The van der Waals surface area contributed by atoms with Gasteiger partial charge in [0, 0.05) is 5.39 Å². The minimum Gasteiger partial charge on any atom is -0.459 e. The number of anilines is 1. The van der Waals surface area contributed by atoms with E-state index in [0.29, 0.717) is 0 Å². The Morgan fingerprint density at radius 1 is 1.33 bits per heavy atom. The fourth-order valence-electron chi connectivity index (χ4n) is 2.34. The zero-order chi connectivity index (χ0) is 14.4. The van der Waals surface area contributed by atoms with Crippen molar-refractivity contribution in [2.75, 3.05) is 5.32 Å². The van der Waals surface area contributed by atoms with E-state index < -0.39 is 0 Å². The van der Waals surface area contributed by atoms with E-state index in [2.05, 4.69) is 34.5 Å². The minimum atomic E-state index is 0.0503. The summed E-state index contributed by atoms with van der Waals surface area (Å²) in [5, 5.41) is 9.79. The molecule has 1 atom stereocenters. The van der Waals surface area contributed by atoms with Crippen LogP contribution in [-0.4, -0.2) is 14.6 Å². The molecule has 0 aliphatic heterocycles. The molecule has 0 saturated carbocycles. The molecule has 106 valence electrons. The summed E-state index contributed by atoms with van der Waals surface area (Å²) in [5.41, 5.74) is 1.89. The Kier molecular flexibility index (Phi) is 2.71. The lowest BCUT2D eigenvalue weighted by molar-refractivity contribution is 0.526. The van der Waals surface area contributed by atoms with Crippen LogP contribution in [0.2, 0.25) is 0 Å². The molecule has 0 bridgehead atoms. The number of imidazole rings is 1. The van der Waals surface area contributed by atoms with Gasteiger partial charge in [0.15, 0.2) is 0 Å². The Morgan fingerprint density at radius 3 is 3.00 bits per heavy atom. The largest absolute Gasteiger partial charge is 0.459 e. The molecule has 6 heteroatoms. The summed E-state index contributed by atoms with van der Waals surface area (Å²) >= 11 is 1.54. The number of rotatable bonds is 3. The third-order valence-electron chi connectivity index (χ3n) is 3.37. The third-order valence-corrected chi connectivity index (χ3v) is 4.23. The highest BCUT2D eigenvalue weighted by atomic mass is 32.1. The number of fused-ring (bicyclic) bond motifs is 2. The Balaban J connectivity index is 1.61. The van der Waals surface area contributed by atoms with Crippen LogP contribution in [0.3, 0.4) is 0 Å². The number of para-hydroxylation sites is 1. The molecule has 0 amide bonds. The predicted octanol–water partition coefficient (Wildman–Crippen LogP) is 4.02. The summed E-state index contributed by atoms with van der Waals surface area (Å²) in [7, 11) is 0. The average molecular weight is 298 g/mol. The van der Waals surface area contributed by atoms with Crippen LogP contribution in [0, 0.1) is 6.92 Å². The second-order valence-corrected chi connectivity index (χ2v) is 6.03. The number of nitrogens with zero attached hydrogens (tertiary/aromatic N) is 3. The molecule has 1 aromatic carbocycles. The monoisotopic (exact) mass is 298 g/mol. The fraction of sp³-hybridized carbons (Fsp3) is 0.200. The molecule has 0 saturated heterocycles. The first-order valence-electron chi connectivity index (χ1n) is 6.77. The number of furan rings is 1. The topological polar surface area (TPSA) is 55.4 Å². The molecule has 21 heavy (non-hydrogen) atoms. The summed E-state index contributed by atoms with van der Waals surface area (Å²) in [6.07, 6.45) is 1.92. The van der Waals surface area contributed by atoms with E-state index in [1.165, 1.54) is 11.3 Å². The van der Waals surface area contributed by atoms with Gasteiger partial charge in [-0.15, -0.1) is 5.10 Å². The smallest absolute Gasteiger partial charge is 0.214 e. The molecular weight excluding hydrogens is 284 g/mol. The van der Waals surface area contributed by atoms with Crippen LogP contribution < -0.4 is 5.32 Å². The fourth-order valence-corrected chi connectivity index (χ4v) is 3.25. The molecule has 3 aromatic heterocycles. The van der Waals surface area contributed by atoms with Crippen molar-refractivity contribution in [3.05, 3.63) is 48.0 Å². The van der Waals surface area contributed by atoms with Gasteiger partial charge in [0.1, 0.15) is 11.3 Å². The first kappa shape index (κ1) is 12.4. The Labute approximate surface area is 125 Å². The van der Waals surface area contributed by atoms with Crippen molar-refractivity contribution in [2.24, 2.45) is 0 Å². The highest BCUT2D eigenvalue weighted by molar-refractivity contribution is 7.20. The van der Waals surface area contributed by atoms with Crippen LogP contribution in [0.4, 0.5) is 5.13 Å². The molecule has 0 fully saturated rings. The summed E-state index contributed by atoms with van der Waals surface area (Å²) in [6, 6.07) is 10.1. The summed E-state index contributed by atoms with van der Waals surface area (Å²) in [4.78, 5) is 5.30. The molecule has 5 nitrogen and oxygen atoms in total. The molecule has 0 aliphatic rings. The SMILES string of the molecule is Cc1cn2nc(NC(C)c3cc4ccccc4o3)sc2n1. The van der Waals surface area contributed by atoms with Crippen LogP contribution in [0.25, 0.3) is 15.9 Å². The van der Waals surface area contributed by atoms with E-state index in [0.717, 1.165) is 32.5 Å². The first-order valence-corrected chi connectivity index (χ1v) is 7.58. The van der Waals surface area contributed by atoms with Crippen molar-refractivity contribution >= 4 is 32.4 Å². The van der Waals surface area contributed by atoms with Gasteiger partial charge in [0.05, 0.1) is 17.9 Å². The van der Waals surface area contributed by atoms with Gasteiger partial charge in [-0.05, 0) is 26.0 Å². The second kappa shape index (κ2) is 4.60. The molecule has 3 heterocycles. The van der Waals surface area contributed by atoms with E-state index in [9.17, 15) is 0 Å². The molecule has 4 aromatic rings. The lowest BCUT2D eigenvalue weighted by Gasteiger charge is -2.08. The lowest BCUT2D eigenvalue weighted by atomic mass is 10.2. The van der Waals surface area contributed by atoms with Crippen LogP contribution in [0.1, 0.15) is 24.4 Å². The van der Waals surface area contributed by atoms with Crippen molar-refractivity contribution in [1.82, 2.24) is 14.6 Å². The zero-order valence-corrected chi connectivity index (χ0v) is 12.5. The van der Waals surface area contributed by atoms with Gasteiger partial charge >= 0.3 is 0 Å². The van der Waals surface area contributed by atoms with E-state index in [-0.39, 0.29) is 6.04 Å². The van der Waals surface area contributed by atoms with Crippen LogP contribution >= 0.6 is 11.3 Å². The van der Waals surface area contributed by atoms with Gasteiger partial charge < -0.3 is 9.73 Å². The molecule has 0 spiro atoms. The predicted molar refractivity (Wildman–Crippen MR) is 83.9 cm³/mol. The molecular formula is C15H14N4OS. The summed E-state index contributed by atoms with van der Waals surface area (Å²) in [6.45, 7) is 4.03. The lowest BCUT2D eigenvalue weighted by Crippen LogP contribution is -2.05. The number of aryl methyl sites for hydroxylation is 1. The van der Waals surface area contributed by atoms with Crippen molar-refractivity contribution < 1.29 is 4.42 Å². The Bertz CT molecular complexity index is 856. The summed E-state index contributed by atoms with van der Waals surface area (Å²) in [5.74, 6) is 0.903. The van der Waals surface area contributed by atoms with Crippen LogP contribution in [-0.2, 0) is 0 Å². The number of aromatic nitrogens is 3. The highest BCUT2D eigenvalue weighted by Gasteiger charge is 2.14. The molecule has 4 rings (SSSR count). The van der Waals surface area contributed by atoms with Crippen molar-refractivity contribution in [2.45, 2.75) is 19.9 Å². The van der Waals surface area contributed by atoms with Gasteiger partial charge in [-0.1, -0.05) is 29.5 Å². The average Bonchev–Trinajstić information content (AvgIpc) is 3.10. The van der Waals surface area contributed by atoms with Gasteiger partial charge in [0.25, 0.3) is 0 Å². The maximum absolute atomic E-state index is 5.87. The standard InChI is InChI=1S/C15H14N4OS/c1-9-8-19-15(16-9)21-14(18-19)17-10(2)13-7-11-5-3-4-6-12(11)20-13/h3-8,10H,1-2H3,(H,17,18). The van der Waals surface area contributed by atoms with Gasteiger partial charge in [-0.3, -0.25) is 0 Å². The molecule has 0 aliphatic carbocycles. The maximum Gasteiger partial charge on any atom is 0.214 e. The molecule has 1 N–H and O–H groups in total. The van der Waals surface area contributed by atoms with Gasteiger partial charge in [-0.2, -0.15) is 0 Å². The normalized spacial score (nSPS) is 13.0.